The summed E-state index contributed by atoms with van der Waals surface area (Å²) in [6, 6.07) is 12.8. The fraction of sp³-hybridized carbons (Fsp3) is 0.667. The molecule has 1 saturated heterocycles. The summed E-state index contributed by atoms with van der Waals surface area (Å²) in [5.74, 6) is 0.763. The Morgan fingerprint density at radius 3 is 2.50 bits per heavy atom. The second-order valence-electron chi connectivity index (χ2n) is 6.62. The average molecular weight is 274 g/mol. The van der Waals surface area contributed by atoms with Crippen molar-refractivity contribution in [2.75, 3.05) is 13.1 Å². The Bertz CT molecular complexity index is 388. The lowest BCUT2D eigenvalue weighted by atomic mass is 9.95. The number of hydrogen-bond acceptors (Lipinski definition) is 2. The Labute approximate surface area is 124 Å². The Kier molecular flexibility index (Phi) is 5.62. The van der Waals surface area contributed by atoms with Crippen LogP contribution in [-0.2, 0) is 0 Å². The molecular formula is C18H30N2. The summed E-state index contributed by atoms with van der Waals surface area (Å²) in [6.07, 6.45) is 2.49. The molecule has 1 heterocycles. The van der Waals surface area contributed by atoms with Crippen LogP contribution < -0.4 is 5.32 Å². The van der Waals surface area contributed by atoms with Crippen molar-refractivity contribution in [2.45, 2.75) is 58.7 Å². The highest BCUT2D eigenvalue weighted by molar-refractivity contribution is 5.20. The summed E-state index contributed by atoms with van der Waals surface area (Å²) in [7, 11) is 0. The van der Waals surface area contributed by atoms with Gasteiger partial charge in [-0.1, -0.05) is 51.1 Å². The number of nitrogens with zero attached hydrogens (tertiary/aromatic N) is 1. The van der Waals surface area contributed by atoms with Crippen molar-refractivity contribution in [3.8, 4) is 0 Å². The van der Waals surface area contributed by atoms with Crippen LogP contribution in [0, 0.1) is 5.92 Å². The molecule has 0 aliphatic carbocycles. The van der Waals surface area contributed by atoms with Crippen molar-refractivity contribution in [1.29, 1.82) is 0 Å². The van der Waals surface area contributed by atoms with Gasteiger partial charge in [0.25, 0.3) is 0 Å². The van der Waals surface area contributed by atoms with E-state index in [4.69, 9.17) is 0 Å². The maximum absolute atomic E-state index is 3.77. The molecular weight excluding hydrogens is 244 g/mol. The molecule has 2 rings (SSSR count). The summed E-state index contributed by atoms with van der Waals surface area (Å²) in [5, 5.41) is 3.77. The van der Waals surface area contributed by atoms with Crippen LogP contribution in [0.2, 0.25) is 0 Å². The predicted molar refractivity (Wildman–Crippen MR) is 86.9 cm³/mol. The van der Waals surface area contributed by atoms with Crippen molar-refractivity contribution in [3.63, 3.8) is 0 Å². The van der Waals surface area contributed by atoms with Gasteiger partial charge in [0.1, 0.15) is 0 Å². The second kappa shape index (κ2) is 7.24. The quantitative estimate of drug-likeness (QED) is 0.877. The van der Waals surface area contributed by atoms with Crippen molar-refractivity contribution < 1.29 is 0 Å². The van der Waals surface area contributed by atoms with E-state index < -0.39 is 0 Å². The number of nitrogens with one attached hydrogen (secondary N) is 1. The van der Waals surface area contributed by atoms with E-state index in [1.165, 1.54) is 24.9 Å². The van der Waals surface area contributed by atoms with Crippen LogP contribution in [0.25, 0.3) is 0 Å². The molecule has 3 atom stereocenters. The van der Waals surface area contributed by atoms with E-state index in [0.717, 1.165) is 12.5 Å². The van der Waals surface area contributed by atoms with Crippen LogP contribution >= 0.6 is 0 Å². The molecule has 3 unspecified atom stereocenters. The minimum absolute atomic E-state index is 0.523. The van der Waals surface area contributed by atoms with Gasteiger partial charge in [-0.25, -0.2) is 0 Å². The molecule has 20 heavy (non-hydrogen) atoms. The molecule has 0 aromatic heterocycles. The van der Waals surface area contributed by atoms with E-state index in [2.05, 4.69) is 68.2 Å². The van der Waals surface area contributed by atoms with E-state index in [-0.39, 0.29) is 0 Å². The Hall–Kier alpha value is -0.860. The highest BCUT2D eigenvalue weighted by atomic mass is 15.3. The molecule has 0 saturated carbocycles. The van der Waals surface area contributed by atoms with Crippen LogP contribution in [-0.4, -0.2) is 30.1 Å². The zero-order valence-electron chi connectivity index (χ0n) is 13.5. The lowest BCUT2D eigenvalue weighted by molar-refractivity contribution is 0.0807. The zero-order chi connectivity index (χ0) is 14.5. The number of benzene rings is 1. The average Bonchev–Trinajstić information content (AvgIpc) is 2.46. The molecule has 1 aromatic carbocycles. The first-order chi connectivity index (χ1) is 9.61. The molecule has 0 radical (unpaired) electrons. The third-order valence-corrected chi connectivity index (χ3v) is 4.53. The van der Waals surface area contributed by atoms with Gasteiger partial charge < -0.3 is 5.32 Å². The van der Waals surface area contributed by atoms with Crippen LogP contribution in [0.1, 0.15) is 52.1 Å². The van der Waals surface area contributed by atoms with E-state index in [9.17, 15) is 0 Å². The van der Waals surface area contributed by atoms with Gasteiger partial charge in [0.15, 0.2) is 0 Å². The van der Waals surface area contributed by atoms with Crippen LogP contribution in [0.5, 0.6) is 0 Å². The van der Waals surface area contributed by atoms with Gasteiger partial charge in [-0.05, 0) is 31.2 Å². The Morgan fingerprint density at radius 2 is 1.90 bits per heavy atom. The van der Waals surface area contributed by atoms with E-state index in [0.29, 0.717) is 18.1 Å². The van der Waals surface area contributed by atoms with E-state index in [1.807, 2.05) is 0 Å². The van der Waals surface area contributed by atoms with Gasteiger partial charge in [-0.3, -0.25) is 4.90 Å². The summed E-state index contributed by atoms with van der Waals surface area (Å²) in [5.41, 5.74) is 1.45. The Balaban J connectivity index is 2.12. The van der Waals surface area contributed by atoms with Gasteiger partial charge in [0.05, 0.1) is 0 Å². The standard InChI is InChI=1S/C18H30N2/c1-5-15(4)20-13-17(11-14(2)3)19-12-18(20)16-9-7-6-8-10-16/h6-10,14-15,17-19H,5,11-13H2,1-4H3. The van der Waals surface area contributed by atoms with Gasteiger partial charge in [0, 0.05) is 31.2 Å². The number of rotatable bonds is 5. The first-order valence-electron chi connectivity index (χ1n) is 8.15. The summed E-state index contributed by atoms with van der Waals surface area (Å²) < 4.78 is 0. The first kappa shape index (κ1) is 15.5. The van der Waals surface area contributed by atoms with Crippen molar-refractivity contribution in [1.82, 2.24) is 10.2 Å². The van der Waals surface area contributed by atoms with Gasteiger partial charge in [-0.15, -0.1) is 0 Å². The smallest absolute Gasteiger partial charge is 0.0476 e. The maximum Gasteiger partial charge on any atom is 0.0476 e. The molecule has 2 heteroatoms. The van der Waals surface area contributed by atoms with Gasteiger partial charge in [-0.2, -0.15) is 0 Å². The van der Waals surface area contributed by atoms with Crippen molar-refractivity contribution in [3.05, 3.63) is 35.9 Å². The normalized spacial score (nSPS) is 25.9. The summed E-state index contributed by atoms with van der Waals surface area (Å²) >= 11 is 0. The molecule has 0 amide bonds. The SMILES string of the molecule is CCC(C)N1CC(CC(C)C)NCC1c1ccccc1. The number of piperazine rings is 1. The molecule has 1 fully saturated rings. The molecule has 0 bridgehead atoms. The highest BCUT2D eigenvalue weighted by Gasteiger charge is 2.31. The Morgan fingerprint density at radius 1 is 1.20 bits per heavy atom. The van der Waals surface area contributed by atoms with Gasteiger partial charge in [0.2, 0.25) is 0 Å². The van der Waals surface area contributed by atoms with Crippen molar-refractivity contribution >= 4 is 0 Å². The topological polar surface area (TPSA) is 15.3 Å². The number of hydrogen-bond donors (Lipinski definition) is 1. The fourth-order valence-electron chi connectivity index (χ4n) is 3.27. The molecule has 1 aliphatic rings. The largest absolute Gasteiger partial charge is 0.311 e. The summed E-state index contributed by atoms with van der Waals surface area (Å²) in [6.45, 7) is 11.6. The molecule has 2 nitrogen and oxygen atoms in total. The third-order valence-electron chi connectivity index (χ3n) is 4.53. The second-order valence-corrected chi connectivity index (χ2v) is 6.62. The van der Waals surface area contributed by atoms with Crippen molar-refractivity contribution in [2.24, 2.45) is 5.92 Å². The van der Waals surface area contributed by atoms with Gasteiger partial charge >= 0.3 is 0 Å². The third kappa shape index (κ3) is 3.83. The van der Waals surface area contributed by atoms with Crippen LogP contribution in [0.15, 0.2) is 30.3 Å². The minimum atomic E-state index is 0.523. The van der Waals surface area contributed by atoms with Crippen LogP contribution in [0.4, 0.5) is 0 Å². The lowest BCUT2D eigenvalue weighted by Crippen LogP contribution is -2.55. The zero-order valence-corrected chi connectivity index (χ0v) is 13.5. The fourth-order valence-corrected chi connectivity index (χ4v) is 3.27. The molecule has 0 spiro atoms. The highest BCUT2D eigenvalue weighted by Crippen LogP contribution is 2.27. The molecule has 1 N–H and O–H groups in total. The molecule has 1 aromatic rings. The first-order valence-corrected chi connectivity index (χ1v) is 8.15. The molecule has 112 valence electrons. The van der Waals surface area contributed by atoms with E-state index in [1.54, 1.807) is 0 Å². The van der Waals surface area contributed by atoms with E-state index >= 15 is 0 Å². The lowest BCUT2D eigenvalue weighted by Gasteiger charge is -2.44. The summed E-state index contributed by atoms with van der Waals surface area (Å²) in [4.78, 5) is 2.71. The maximum atomic E-state index is 3.77. The predicted octanol–water partition coefficient (Wildman–Crippen LogP) is 3.85. The van der Waals surface area contributed by atoms with Crippen LogP contribution in [0.3, 0.4) is 0 Å². The molecule has 1 aliphatic heterocycles. The monoisotopic (exact) mass is 274 g/mol. The minimum Gasteiger partial charge on any atom is -0.311 e.